The minimum Gasteiger partial charge on any atom is -0.550 e. The fourth-order valence-electron chi connectivity index (χ4n) is 4.28. The van der Waals surface area contributed by atoms with Crippen molar-refractivity contribution in [1.82, 2.24) is 20.6 Å². The Morgan fingerprint density at radius 1 is 1.33 bits per heavy atom. The van der Waals surface area contributed by atoms with Crippen molar-refractivity contribution in [2.75, 3.05) is 27.2 Å². The summed E-state index contributed by atoms with van der Waals surface area (Å²) < 4.78 is 1.07. The van der Waals surface area contributed by atoms with Crippen LogP contribution in [0.4, 0.5) is 0 Å². The molecule has 1 unspecified atom stereocenters. The monoisotopic (exact) mass is 371 g/mol. The Labute approximate surface area is 160 Å². The largest absolute Gasteiger partial charge is 0.550 e. The normalized spacial score (nSPS) is 21.1. The SMILES string of the molecule is CCC[C@@H](C(=O)[O-])[C@H](Cc1ccc(C2CC[N+](C)(C)C2)cc1)c1nnn[nH]1. The smallest absolute Gasteiger partial charge is 0.152 e. The van der Waals surface area contributed by atoms with Crippen LogP contribution in [0.15, 0.2) is 24.3 Å². The number of carbonyl (C=O) groups is 1. The Morgan fingerprint density at radius 2 is 2.07 bits per heavy atom. The van der Waals surface area contributed by atoms with E-state index in [0.29, 0.717) is 24.6 Å². The number of quaternary nitrogens is 1. The van der Waals surface area contributed by atoms with Crippen LogP contribution in [0.5, 0.6) is 0 Å². The fourth-order valence-corrected chi connectivity index (χ4v) is 4.28. The number of likely N-dealkylation sites (N-methyl/N-ethyl adjacent to an activating group) is 1. The highest BCUT2D eigenvalue weighted by molar-refractivity contribution is 5.69. The maximum absolute atomic E-state index is 11.7. The van der Waals surface area contributed by atoms with Gasteiger partial charge in [0.15, 0.2) is 5.82 Å². The van der Waals surface area contributed by atoms with Crippen molar-refractivity contribution < 1.29 is 14.4 Å². The van der Waals surface area contributed by atoms with Crippen LogP contribution in [0.25, 0.3) is 0 Å². The van der Waals surface area contributed by atoms with Crippen molar-refractivity contribution in [3.8, 4) is 0 Å². The summed E-state index contributed by atoms with van der Waals surface area (Å²) in [6.45, 7) is 4.34. The minimum absolute atomic E-state index is 0.321. The van der Waals surface area contributed by atoms with Crippen LogP contribution in [0.3, 0.4) is 0 Å². The van der Waals surface area contributed by atoms with Gasteiger partial charge in [0.25, 0.3) is 0 Å². The Hall–Kier alpha value is -2.28. The zero-order chi connectivity index (χ0) is 19.4. The molecule has 0 amide bonds. The number of hydrogen-bond donors (Lipinski definition) is 1. The lowest BCUT2D eigenvalue weighted by molar-refractivity contribution is -0.878. The number of carbonyl (C=O) groups excluding carboxylic acids is 1. The molecule has 146 valence electrons. The molecule has 7 nitrogen and oxygen atoms in total. The number of benzene rings is 1. The molecular formula is C20H29N5O2. The van der Waals surface area contributed by atoms with Crippen LogP contribution in [0.2, 0.25) is 0 Å². The Balaban J connectivity index is 1.77. The van der Waals surface area contributed by atoms with Gasteiger partial charge >= 0.3 is 0 Å². The van der Waals surface area contributed by atoms with E-state index in [1.807, 2.05) is 6.92 Å². The van der Waals surface area contributed by atoms with Crippen molar-refractivity contribution in [3.05, 3.63) is 41.2 Å². The molecule has 3 atom stereocenters. The van der Waals surface area contributed by atoms with Gasteiger partial charge in [-0.1, -0.05) is 37.6 Å². The van der Waals surface area contributed by atoms with Crippen LogP contribution in [0.1, 0.15) is 55.0 Å². The first-order valence-corrected chi connectivity index (χ1v) is 9.75. The van der Waals surface area contributed by atoms with E-state index < -0.39 is 11.9 Å². The summed E-state index contributed by atoms with van der Waals surface area (Å²) in [5.74, 6) is -0.869. The fraction of sp³-hybridized carbons (Fsp3) is 0.600. The number of H-pyrrole nitrogens is 1. The maximum Gasteiger partial charge on any atom is 0.152 e. The van der Waals surface area contributed by atoms with Gasteiger partial charge in [-0.05, 0) is 34.4 Å². The minimum atomic E-state index is -1.04. The third-order valence-electron chi connectivity index (χ3n) is 5.81. The highest BCUT2D eigenvalue weighted by atomic mass is 16.4. The molecule has 0 spiro atoms. The van der Waals surface area contributed by atoms with Gasteiger partial charge in [-0.15, -0.1) is 5.10 Å². The quantitative estimate of drug-likeness (QED) is 0.705. The van der Waals surface area contributed by atoms with Crippen LogP contribution < -0.4 is 5.11 Å². The van der Waals surface area contributed by atoms with Crippen molar-refractivity contribution in [1.29, 1.82) is 0 Å². The molecule has 0 radical (unpaired) electrons. The van der Waals surface area contributed by atoms with E-state index in [2.05, 4.69) is 59.0 Å². The second-order valence-corrected chi connectivity index (χ2v) is 8.38. The number of tetrazole rings is 1. The van der Waals surface area contributed by atoms with Gasteiger partial charge in [0.2, 0.25) is 0 Å². The number of likely N-dealkylation sites (tertiary alicyclic amines) is 1. The van der Waals surface area contributed by atoms with E-state index in [1.54, 1.807) is 0 Å². The highest BCUT2D eigenvalue weighted by Crippen LogP contribution is 2.32. The van der Waals surface area contributed by atoms with Crippen molar-refractivity contribution in [2.24, 2.45) is 5.92 Å². The Morgan fingerprint density at radius 3 is 2.59 bits per heavy atom. The van der Waals surface area contributed by atoms with Crippen molar-refractivity contribution in [2.45, 2.75) is 44.4 Å². The number of carboxylic acids is 1. The second kappa shape index (κ2) is 8.17. The topological polar surface area (TPSA) is 94.6 Å². The molecule has 7 heteroatoms. The molecule has 0 saturated carbocycles. The molecule has 2 heterocycles. The first-order valence-electron chi connectivity index (χ1n) is 9.75. The molecule has 1 fully saturated rings. The summed E-state index contributed by atoms with van der Waals surface area (Å²) in [7, 11) is 4.55. The molecule has 1 aromatic heterocycles. The van der Waals surface area contributed by atoms with Gasteiger partial charge in [-0.2, -0.15) is 0 Å². The zero-order valence-corrected chi connectivity index (χ0v) is 16.4. The third kappa shape index (κ3) is 4.71. The molecule has 1 aromatic carbocycles. The molecule has 1 N–H and O–H groups in total. The molecule has 0 aliphatic carbocycles. The Bertz CT molecular complexity index is 742. The number of nitrogens with one attached hydrogen (secondary N) is 1. The predicted octanol–water partition coefficient (Wildman–Crippen LogP) is 1.26. The van der Waals surface area contributed by atoms with E-state index in [0.717, 1.165) is 23.0 Å². The number of rotatable bonds is 8. The molecule has 1 aliphatic rings. The summed E-state index contributed by atoms with van der Waals surface area (Å²) in [5, 5.41) is 25.7. The zero-order valence-electron chi connectivity index (χ0n) is 16.4. The van der Waals surface area contributed by atoms with Crippen LogP contribution in [0, 0.1) is 5.92 Å². The molecule has 2 aromatic rings. The second-order valence-electron chi connectivity index (χ2n) is 8.38. The van der Waals surface area contributed by atoms with E-state index in [4.69, 9.17) is 0 Å². The number of nitrogens with zero attached hydrogens (tertiary/aromatic N) is 4. The number of aromatic nitrogens is 4. The van der Waals surface area contributed by atoms with E-state index in [1.165, 1.54) is 18.5 Å². The van der Waals surface area contributed by atoms with E-state index in [-0.39, 0.29) is 5.92 Å². The van der Waals surface area contributed by atoms with Gasteiger partial charge in [0.05, 0.1) is 27.2 Å². The summed E-state index contributed by atoms with van der Waals surface area (Å²) in [4.78, 5) is 11.7. The number of hydrogen-bond acceptors (Lipinski definition) is 5. The van der Waals surface area contributed by atoms with Crippen molar-refractivity contribution in [3.63, 3.8) is 0 Å². The summed E-state index contributed by atoms with van der Waals surface area (Å²) >= 11 is 0. The first kappa shape index (κ1) is 19.5. The third-order valence-corrected chi connectivity index (χ3v) is 5.81. The van der Waals surface area contributed by atoms with Gasteiger partial charge in [-0.25, -0.2) is 5.10 Å². The lowest BCUT2D eigenvalue weighted by atomic mass is 9.83. The van der Waals surface area contributed by atoms with Gasteiger partial charge in [0.1, 0.15) is 0 Å². The lowest BCUT2D eigenvalue weighted by Gasteiger charge is -2.26. The van der Waals surface area contributed by atoms with Crippen LogP contribution in [-0.2, 0) is 11.2 Å². The summed E-state index contributed by atoms with van der Waals surface area (Å²) in [6.07, 6.45) is 3.09. The van der Waals surface area contributed by atoms with Gasteiger partial charge in [0, 0.05) is 30.1 Å². The molecule has 0 bridgehead atoms. The van der Waals surface area contributed by atoms with Crippen LogP contribution in [-0.4, -0.2) is 58.3 Å². The average Bonchev–Trinajstić information content (AvgIpc) is 3.28. The standard InChI is InChI=1S/C20H29N5O2/c1-4-5-17(20(26)27)18(19-21-23-24-22-19)12-14-6-8-15(9-7-14)16-10-11-25(2,3)13-16/h6-9,16-18H,4-5,10-13H2,1-3H3,(H-,21,22,23,24,26,27)/t16?,17-,18+/m1/s1. The molecule has 1 saturated heterocycles. The molecular weight excluding hydrogens is 342 g/mol. The highest BCUT2D eigenvalue weighted by Gasteiger charge is 2.32. The number of carboxylic acid groups (broad SMARTS) is 1. The maximum atomic E-state index is 11.7. The van der Waals surface area contributed by atoms with E-state index >= 15 is 0 Å². The molecule has 1 aliphatic heterocycles. The van der Waals surface area contributed by atoms with E-state index in [9.17, 15) is 9.90 Å². The first-order chi connectivity index (χ1) is 12.9. The van der Waals surface area contributed by atoms with Gasteiger partial charge in [-0.3, -0.25) is 0 Å². The van der Waals surface area contributed by atoms with Crippen molar-refractivity contribution >= 4 is 5.97 Å². The molecule has 27 heavy (non-hydrogen) atoms. The summed E-state index contributed by atoms with van der Waals surface area (Å²) in [6, 6.07) is 8.61. The van der Waals surface area contributed by atoms with Crippen LogP contribution >= 0.6 is 0 Å². The Kier molecular flexibility index (Phi) is 5.89. The summed E-state index contributed by atoms with van der Waals surface area (Å²) in [5.41, 5.74) is 2.46. The lowest BCUT2D eigenvalue weighted by Crippen LogP contribution is -2.36. The number of aromatic amines is 1. The molecule has 3 rings (SSSR count). The predicted molar refractivity (Wildman–Crippen MR) is 99.7 cm³/mol. The number of aliphatic carboxylic acids is 1. The van der Waals surface area contributed by atoms with Gasteiger partial charge < -0.3 is 14.4 Å². The average molecular weight is 371 g/mol.